The van der Waals surface area contributed by atoms with Crippen LogP contribution in [0.4, 0.5) is 5.69 Å². The molecule has 0 unspecified atom stereocenters. The minimum absolute atomic E-state index is 0.0353. The first kappa shape index (κ1) is 22.8. The molecule has 0 spiro atoms. The Balaban J connectivity index is 1.52. The second-order valence-corrected chi connectivity index (χ2v) is 6.61. The molecular weight excluding hydrogens is 428 g/mol. The molecule has 2 amide bonds. The van der Waals surface area contributed by atoms with Gasteiger partial charge in [0, 0.05) is 17.7 Å². The first-order valence-electron chi connectivity index (χ1n) is 9.64. The van der Waals surface area contributed by atoms with E-state index < -0.39 is 16.8 Å². The number of hydrogen-bond acceptors (Lipinski definition) is 7. The lowest BCUT2D eigenvalue weighted by Crippen LogP contribution is -2.34. The SMILES string of the molecule is O=C(CNC(=O)c1ccccc1)NN=Cc1cccc(OC(=O)c2cccc([N+](=O)[O-])c2)c1. The number of carbonyl (C=O) groups excluding carboxylic acids is 3. The lowest BCUT2D eigenvalue weighted by Gasteiger charge is -2.05. The summed E-state index contributed by atoms with van der Waals surface area (Å²) in [7, 11) is 0. The number of carbonyl (C=O) groups is 3. The number of rotatable bonds is 8. The lowest BCUT2D eigenvalue weighted by molar-refractivity contribution is -0.384. The molecule has 0 atom stereocenters. The summed E-state index contributed by atoms with van der Waals surface area (Å²) in [5.41, 5.74) is 3.06. The van der Waals surface area contributed by atoms with Crippen LogP contribution in [-0.4, -0.2) is 35.5 Å². The molecule has 0 aliphatic rings. The quantitative estimate of drug-likeness (QED) is 0.179. The minimum Gasteiger partial charge on any atom is -0.423 e. The Morgan fingerprint density at radius 2 is 1.67 bits per heavy atom. The molecule has 10 nitrogen and oxygen atoms in total. The summed E-state index contributed by atoms with van der Waals surface area (Å²) in [5.74, 6) is -1.47. The average molecular weight is 446 g/mol. The molecule has 166 valence electrons. The molecule has 3 rings (SSSR count). The molecule has 33 heavy (non-hydrogen) atoms. The van der Waals surface area contributed by atoms with E-state index in [1.165, 1.54) is 36.5 Å². The summed E-state index contributed by atoms with van der Waals surface area (Å²) in [6.45, 7) is -0.258. The molecule has 0 aliphatic carbocycles. The maximum absolute atomic E-state index is 12.3. The number of esters is 1. The number of non-ortho nitro benzene ring substituents is 1. The number of hydrogen-bond donors (Lipinski definition) is 2. The number of nitro groups is 1. The fourth-order valence-electron chi connectivity index (χ4n) is 2.64. The van der Waals surface area contributed by atoms with Crippen molar-refractivity contribution in [3.8, 4) is 5.75 Å². The number of benzene rings is 3. The Kier molecular flexibility index (Phi) is 7.58. The van der Waals surface area contributed by atoms with Crippen LogP contribution in [0.1, 0.15) is 26.3 Å². The van der Waals surface area contributed by atoms with Crippen LogP contribution < -0.4 is 15.5 Å². The van der Waals surface area contributed by atoms with Crippen LogP contribution in [0.3, 0.4) is 0 Å². The molecule has 0 saturated heterocycles. The maximum Gasteiger partial charge on any atom is 0.343 e. The molecule has 0 aromatic heterocycles. The molecule has 3 aromatic rings. The number of ether oxygens (including phenoxy) is 1. The predicted molar refractivity (Wildman–Crippen MR) is 119 cm³/mol. The van der Waals surface area contributed by atoms with Crippen molar-refractivity contribution in [3.05, 3.63) is 106 Å². The molecule has 0 heterocycles. The monoisotopic (exact) mass is 446 g/mol. The van der Waals surface area contributed by atoms with Gasteiger partial charge in [-0.15, -0.1) is 0 Å². The van der Waals surface area contributed by atoms with Crippen LogP contribution in [0.2, 0.25) is 0 Å². The predicted octanol–water partition coefficient (Wildman–Crippen LogP) is 2.69. The topological polar surface area (TPSA) is 140 Å². The molecule has 0 bridgehead atoms. The van der Waals surface area contributed by atoms with Crippen molar-refractivity contribution in [1.29, 1.82) is 0 Å². The third-order valence-corrected chi connectivity index (χ3v) is 4.21. The standard InChI is InChI=1S/C23H18N4O6/c28-21(15-24-22(29)17-7-2-1-3-8-17)26-25-14-16-6-4-11-20(12-16)33-23(30)18-9-5-10-19(13-18)27(31)32/h1-14H,15H2,(H,24,29)(H,26,28). The summed E-state index contributed by atoms with van der Waals surface area (Å²) in [4.78, 5) is 46.3. The van der Waals surface area contributed by atoms with E-state index in [1.54, 1.807) is 42.5 Å². The van der Waals surface area contributed by atoms with E-state index in [4.69, 9.17) is 4.74 Å². The average Bonchev–Trinajstić information content (AvgIpc) is 2.83. The number of hydrazone groups is 1. The lowest BCUT2D eigenvalue weighted by atomic mass is 10.2. The van der Waals surface area contributed by atoms with Crippen molar-refractivity contribution in [2.24, 2.45) is 5.10 Å². The fourth-order valence-corrected chi connectivity index (χ4v) is 2.64. The zero-order valence-electron chi connectivity index (χ0n) is 17.1. The summed E-state index contributed by atoms with van der Waals surface area (Å²) in [6, 6.07) is 20.0. The van der Waals surface area contributed by atoms with E-state index in [-0.39, 0.29) is 29.5 Å². The van der Waals surface area contributed by atoms with E-state index in [0.29, 0.717) is 11.1 Å². The van der Waals surface area contributed by atoms with Crippen LogP contribution in [0.25, 0.3) is 0 Å². The third-order valence-electron chi connectivity index (χ3n) is 4.21. The van der Waals surface area contributed by atoms with Crippen LogP contribution >= 0.6 is 0 Å². The largest absolute Gasteiger partial charge is 0.423 e. The molecular formula is C23H18N4O6. The highest BCUT2D eigenvalue weighted by Gasteiger charge is 2.13. The molecule has 0 saturated carbocycles. The van der Waals surface area contributed by atoms with Gasteiger partial charge in [-0.3, -0.25) is 19.7 Å². The van der Waals surface area contributed by atoms with E-state index in [2.05, 4.69) is 15.8 Å². The summed E-state index contributed by atoms with van der Waals surface area (Å²) >= 11 is 0. The number of nitrogens with one attached hydrogen (secondary N) is 2. The van der Waals surface area contributed by atoms with E-state index in [9.17, 15) is 24.5 Å². The van der Waals surface area contributed by atoms with Crippen LogP contribution in [0, 0.1) is 10.1 Å². The Labute approximate surface area is 188 Å². The molecule has 0 aliphatic heterocycles. The highest BCUT2D eigenvalue weighted by Crippen LogP contribution is 2.17. The van der Waals surface area contributed by atoms with Gasteiger partial charge in [0.1, 0.15) is 5.75 Å². The maximum atomic E-state index is 12.3. The van der Waals surface area contributed by atoms with Crippen molar-refractivity contribution < 1.29 is 24.0 Å². The number of nitrogens with zero attached hydrogens (tertiary/aromatic N) is 2. The Bertz CT molecular complexity index is 1210. The van der Waals surface area contributed by atoms with Gasteiger partial charge in [0.25, 0.3) is 17.5 Å². The normalized spacial score (nSPS) is 10.4. The van der Waals surface area contributed by atoms with Crippen molar-refractivity contribution in [1.82, 2.24) is 10.7 Å². The summed E-state index contributed by atoms with van der Waals surface area (Å²) < 4.78 is 5.25. The first-order valence-corrected chi connectivity index (χ1v) is 9.64. The van der Waals surface area contributed by atoms with Crippen molar-refractivity contribution in [2.45, 2.75) is 0 Å². The van der Waals surface area contributed by atoms with Crippen molar-refractivity contribution in [3.63, 3.8) is 0 Å². The Morgan fingerprint density at radius 3 is 2.42 bits per heavy atom. The van der Waals surface area contributed by atoms with Crippen LogP contribution in [-0.2, 0) is 4.79 Å². The van der Waals surface area contributed by atoms with Gasteiger partial charge in [0.15, 0.2) is 0 Å². The highest BCUT2D eigenvalue weighted by molar-refractivity contribution is 5.96. The van der Waals surface area contributed by atoms with Crippen molar-refractivity contribution >= 4 is 29.7 Å². The van der Waals surface area contributed by atoms with Gasteiger partial charge in [-0.2, -0.15) is 5.10 Å². The Morgan fingerprint density at radius 1 is 0.939 bits per heavy atom. The molecule has 10 heteroatoms. The number of nitro benzene ring substituents is 1. The fraction of sp³-hybridized carbons (Fsp3) is 0.0435. The summed E-state index contributed by atoms with van der Waals surface area (Å²) in [6.07, 6.45) is 1.33. The molecule has 0 fully saturated rings. The molecule has 2 N–H and O–H groups in total. The van der Waals surface area contributed by atoms with Gasteiger partial charge in [0.05, 0.1) is 23.2 Å². The summed E-state index contributed by atoms with van der Waals surface area (Å²) in [5, 5.41) is 17.1. The number of amides is 2. The van der Waals surface area contributed by atoms with Crippen molar-refractivity contribution in [2.75, 3.05) is 6.54 Å². The van der Waals surface area contributed by atoms with E-state index >= 15 is 0 Å². The van der Waals surface area contributed by atoms with Gasteiger partial charge >= 0.3 is 5.97 Å². The Hall–Kier alpha value is -4.86. The first-order chi connectivity index (χ1) is 15.9. The zero-order valence-corrected chi connectivity index (χ0v) is 17.1. The molecule has 0 radical (unpaired) electrons. The second kappa shape index (κ2) is 11.0. The smallest absolute Gasteiger partial charge is 0.343 e. The second-order valence-electron chi connectivity index (χ2n) is 6.61. The van der Waals surface area contributed by atoms with E-state index in [0.717, 1.165) is 6.07 Å². The molecule has 3 aromatic carbocycles. The third kappa shape index (κ3) is 6.82. The van der Waals surface area contributed by atoms with Gasteiger partial charge < -0.3 is 10.1 Å². The van der Waals surface area contributed by atoms with E-state index in [1.807, 2.05) is 0 Å². The van der Waals surface area contributed by atoms with Gasteiger partial charge in [-0.1, -0.05) is 36.4 Å². The van der Waals surface area contributed by atoms with Gasteiger partial charge in [-0.05, 0) is 35.9 Å². The van der Waals surface area contributed by atoms with Crippen LogP contribution in [0.5, 0.6) is 5.75 Å². The zero-order chi connectivity index (χ0) is 23.6. The van der Waals surface area contributed by atoms with Gasteiger partial charge in [0.2, 0.25) is 0 Å². The van der Waals surface area contributed by atoms with Gasteiger partial charge in [-0.25, -0.2) is 10.2 Å². The van der Waals surface area contributed by atoms with Crippen LogP contribution in [0.15, 0.2) is 84.0 Å². The minimum atomic E-state index is -0.754. The highest BCUT2D eigenvalue weighted by atomic mass is 16.6.